The standard InChI is InChI=1S/C21H24ClFN6O2/c1-4-8-28(9-5-2)12-17-25-26-19(31-17)18-16-11-27(3)20(30)14-10-13(23)6-7-15(14)29(16)21(22)24-18/h6-7,10H,4-5,8-9,11-12H2,1-3H3. The van der Waals surface area contributed by atoms with E-state index in [-0.39, 0.29) is 29.2 Å². The van der Waals surface area contributed by atoms with Gasteiger partial charge in [-0.15, -0.1) is 10.2 Å². The maximum absolute atomic E-state index is 13.8. The van der Waals surface area contributed by atoms with E-state index < -0.39 is 5.82 Å². The lowest BCUT2D eigenvalue weighted by Gasteiger charge is -2.18. The molecule has 164 valence electrons. The number of nitrogens with zero attached hydrogens (tertiary/aromatic N) is 6. The predicted molar refractivity (Wildman–Crippen MR) is 113 cm³/mol. The van der Waals surface area contributed by atoms with Gasteiger partial charge in [0.05, 0.1) is 30.0 Å². The van der Waals surface area contributed by atoms with Crippen LogP contribution in [0.5, 0.6) is 0 Å². The lowest BCUT2D eigenvalue weighted by molar-refractivity contribution is 0.0787. The number of carbonyl (C=O) groups is 1. The summed E-state index contributed by atoms with van der Waals surface area (Å²) in [5.74, 6) is -0.0628. The minimum absolute atomic E-state index is 0.138. The summed E-state index contributed by atoms with van der Waals surface area (Å²) >= 11 is 6.45. The first-order valence-corrected chi connectivity index (χ1v) is 10.7. The summed E-state index contributed by atoms with van der Waals surface area (Å²) in [6.07, 6.45) is 2.07. The summed E-state index contributed by atoms with van der Waals surface area (Å²) in [7, 11) is 1.64. The van der Waals surface area contributed by atoms with Crippen LogP contribution in [0.3, 0.4) is 0 Å². The molecule has 0 saturated heterocycles. The van der Waals surface area contributed by atoms with Gasteiger partial charge in [-0.1, -0.05) is 13.8 Å². The number of aromatic nitrogens is 4. The molecule has 3 heterocycles. The largest absolute Gasteiger partial charge is 0.418 e. The van der Waals surface area contributed by atoms with Crippen molar-refractivity contribution in [2.24, 2.45) is 0 Å². The van der Waals surface area contributed by atoms with E-state index in [0.717, 1.165) is 25.9 Å². The third-order valence-electron chi connectivity index (χ3n) is 5.20. The van der Waals surface area contributed by atoms with Crippen molar-refractivity contribution in [3.63, 3.8) is 0 Å². The molecule has 8 nitrogen and oxygen atoms in total. The van der Waals surface area contributed by atoms with E-state index >= 15 is 0 Å². The Hall–Kier alpha value is -2.78. The maximum Gasteiger partial charge on any atom is 0.268 e. The smallest absolute Gasteiger partial charge is 0.268 e. The minimum atomic E-state index is -0.495. The first kappa shape index (κ1) is 21.5. The summed E-state index contributed by atoms with van der Waals surface area (Å²) in [6.45, 7) is 6.91. The molecule has 2 aromatic heterocycles. The molecule has 0 atom stereocenters. The van der Waals surface area contributed by atoms with E-state index in [1.165, 1.54) is 23.1 Å². The van der Waals surface area contributed by atoms with Crippen molar-refractivity contribution in [2.75, 3.05) is 20.1 Å². The first-order valence-electron chi connectivity index (χ1n) is 10.3. The van der Waals surface area contributed by atoms with E-state index in [2.05, 4.69) is 33.9 Å². The average Bonchev–Trinajstić information content (AvgIpc) is 3.29. The highest BCUT2D eigenvalue weighted by Crippen LogP contribution is 2.34. The first-order chi connectivity index (χ1) is 14.9. The summed E-state index contributed by atoms with van der Waals surface area (Å²) in [5, 5.41) is 8.51. The van der Waals surface area contributed by atoms with Crippen molar-refractivity contribution in [2.45, 2.75) is 39.8 Å². The topological polar surface area (TPSA) is 80.3 Å². The number of rotatable bonds is 7. The molecule has 0 unspecified atom stereocenters. The molecule has 1 aliphatic rings. The molecule has 0 N–H and O–H groups in total. The average molecular weight is 447 g/mol. The second-order valence-corrected chi connectivity index (χ2v) is 7.95. The van der Waals surface area contributed by atoms with Crippen LogP contribution in [0.15, 0.2) is 22.6 Å². The molecule has 0 saturated carbocycles. The van der Waals surface area contributed by atoms with Crippen LogP contribution in [-0.4, -0.2) is 55.6 Å². The quantitative estimate of drug-likeness (QED) is 0.547. The molecule has 10 heteroatoms. The molecule has 1 amide bonds. The summed E-state index contributed by atoms with van der Waals surface area (Å²) in [5.41, 5.74) is 1.72. The van der Waals surface area contributed by atoms with Gasteiger partial charge >= 0.3 is 0 Å². The van der Waals surface area contributed by atoms with Gasteiger partial charge in [-0.05, 0) is 55.7 Å². The molecule has 0 spiro atoms. The summed E-state index contributed by atoms with van der Waals surface area (Å²) in [4.78, 5) is 21.0. The molecular weight excluding hydrogens is 423 g/mol. The highest BCUT2D eigenvalue weighted by Gasteiger charge is 2.31. The van der Waals surface area contributed by atoms with E-state index in [0.29, 0.717) is 29.5 Å². The van der Waals surface area contributed by atoms with E-state index in [1.807, 2.05) is 0 Å². The van der Waals surface area contributed by atoms with Gasteiger partial charge in [0, 0.05) is 7.05 Å². The van der Waals surface area contributed by atoms with E-state index in [4.69, 9.17) is 16.0 Å². The molecule has 1 aromatic carbocycles. The number of benzene rings is 1. The van der Waals surface area contributed by atoms with Crippen molar-refractivity contribution in [1.82, 2.24) is 29.5 Å². The zero-order chi connectivity index (χ0) is 22.1. The lowest BCUT2D eigenvalue weighted by Crippen LogP contribution is -2.25. The molecule has 3 aromatic rings. The van der Waals surface area contributed by atoms with Gasteiger partial charge in [-0.2, -0.15) is 0 Å². The minimum Gasteiger partial charge on any atom is -0.418 e. The molecule has 0 fully saturated rings. The molecule has 0 radical (unpaired) electrons. The summed E-state index contributed by atoms with van der Waals surface area (Å²) < 4.78 is 21.4. The van der Waals surface area contributed by atoms with Gasteiger partial charge in [0.1, 0.15) is 5.82 Å². The van der Waals surface area contributed by atoms with Crippen molar-refractivity contribution >= 4 is 17.5 Å². The monoisotopic (exact) mass is 446 g/mol. The number of fused-ring (bicyclic) bond motifs is 3. The highest BCUT2D eigenvalue weighted by atomic mass is 35.5. The zero-order valence-electron chi connectivity index (χ0n) is 17.7. The fourth-order valence-electron chi connectivity index (χ4n) is 3.87. The molecule has 0 bridgehead atoms. The number of amides is 1. The number of hydrogen-bond donors (Lipinski definition) is 0. The Kier molecular flexibility index (Phi) is 6.06. The molecule has 0 aliphatic carbocycles. The van der Waals surface area contributed by atoms with Crippen LogP contribution in [-0.2, 0) is 13.1 Å². The number of hydrogen-bond acceptors (Lipinski definition) is 6. The fourth-order valence-corrected chi connectivity index (χ4v) is 4.15. The van der Waals surface area contributed by atoms with E-state index in [1.54, 1.807) is 11.6 Å². The fraction of sp³-hybridized carbons (Fsp3) is 0.429. The van der Waals surface area contributed by atoms with Gasteiger partial charge in [-0.25, -0.2) is 9.37 Å². The molecular formula is C21H24ClFN6O2. The second-order valence-electron chi connectivity index (χ2n) is 7.61. The van der Waals surface area contributed by atoms with Crippen molar-refractivity contribution in [3.8, 4) is 17.3 Å². The number of carbonyl (C=O) groups excluding carboxylic acids is 1. The predicted octanol–water partition coefficient (Wildman–Crippen LogP) is 3.92. The lowest BCUT2D eigenvalue weighted by atomic mass is 10.1. The maximum atomic E-state index is 13.8. The van der Waals surface area contributed by atoms with Gasteiger partial charge in [0.15, 0.2) is 5.69 Å². The Balaban J connectivity index is 1.74. The van der Waals surface area contributed by atoms with Crippen LogP contribution < -0.4 is 0 Å². The van der Waals surface area contributed by atoms with Crippen molar-refractivity contribution < 1.29 is 13.6 Å². The highest BCUT2D eigenvalue weighted by molar-refractivity contribution is 6.29. The van der Waals surface area contributed by atoms with Crippen LogP contribution in [0.1, 0.15) is 48.6 Å². The Morgan fingerprint density at radius 2 is 1.97 bits per heavy atom. The Bertz CT molecular complexity index is 1110. The van der Waals surface area contributed by atoms with Crippen molar-refractivity contribution in [3.05, 3.63) is 46.4 Å². The Labute approximate surface area is 184 Å². The van der Waals surface area contributed by atoms with Crippen LogP contribution in [0.25, 0.3) is 17.3 Å². The van der Waals surface area contributed by atoms with Crippen LogP contribution >= 0.6 is 11.6 Å². The van der Waals surface area contributed by atoms with Crippen LogP contribution in [0, 0.1) is 5.82 Å². The normalized spacial score (nSPS) is 13.5. The Morgan fingerprint density at radius 1 is 1.23 bits per heavy atom. The molecule has 1 aliphatic heterocycles. The van der Waals surface area contributed by atoms with E-state index in [9.17, 15) is 9.18 Å². The number of imidazole rings is 1. The third kappa shape index (κ3) is 4.07. The Morgan fingerprint density at radius 3 is 2.68 bits per heavy atom. The van der Waals surface area contributed by atoms with Gasteiger partial charge in [0.25, 0.3) is 11.8 Å². The van der Waals surface area contributed by atoms with Gasteiger partial charge in [0.2, 0.25) is 11.2 Å². The van der Waals surface area contributed by atoms with Crippen LogP contribution in [0.2, 0.25) is 5.28 Å². The molecule has 4 rings (SSSR count). The number of halogens is 2. The summed E-state index contributed by atoms with van der Waals surface area (Å²) in [6, 6.07) is 4.02. The second kappa shape index (κ2) is 8.76. The van der Waals surface area contributed by atoms with Crippen molar-refractivity contribution in [1.29, 1.82) is 0 Å². The third-order valence-corrected chi connectivity index (χ3v) is 5.46. The van der Waals surface area contributed by atoms with Gasteiger partial charge in [-0.3, -0.25) is 14.3 Å². The van der Waals surface area contributed by atoms with Crippen LogP contribution in [0.4, 0.5) is 4.39 Å². The SMILES string of the molecule is CCCN(CCC)Cc1nnc(-c2nc(Cl)n3c2CN(C)C(=O)c2cc(F)ccc2-3)o1. The zero-order valence-corrected chi connectivity index (χ0v) is 18.5. The van der Waals surface area contributed by atoms with Gasteiger partial charge < -0.3 is 9.32 Å². The molecule has 31 heavy (non-hydrogen) atoms.